The van der Waals surface area contributed by atoms with Crippen LogP contribution >= 0.6 is 0 Å². The monoisotopic (exact) mass is 293 g/mol. The molecular formula is C16H27N3O2. The Kier molecular flexibility index (Phi) is 6.49. The molecule has 21 heavy (non-hydrogen) atoms. The molecule has 1 aromatic carbocycles. The van der Waals surface area contributed by atoms with E-state index in [1.54, 1.807) is 25.3 Å². The fourth-order valence-electron chi connectivity index (χ4n) is 2.37. The van der Waals surface area contributed by atoms with E-state index in [2.05, 4.69) is 31.0 Å². The molecule has 5 nitrogen and oxygen atoms in total. The van der Waals surface area contributed by atoms with Gasteiger partial charge in [-0.3, -0.25) is 9.69 Å². The molecule has 0 heterocycles. The van der Waals surface area contributed by atoms with Gasteiger partial charge in [-0.1, -0.05) is 6.92 Å². The number of hydrogen-bond acceptors (Lipinski definition) is 4. The van der Waals surface area contributed by atoms with Crippen molar-refractivity contribution in [1.82, 2.24) is 4.90 Å². The molecule has 1 rings (SSSR count). The molecule has 0 fully saturated rings. The standard InChI is InChI=1S/C16H27N3O2/c1-6-9-19(11(2)3)12(4)16(20)18-14-10-13(17)7-8-15(14)21-5/h7-8,10-12H,6,9,17H2,1-5H3,(H,18,20). The second kappa shape index (κ2) is 7.88. The lowest BCUT2D eigenvalue weighted by Crippen LogP contribution is -2.46. The molecule has 1 unspecified atom stereocenters. The largest absolute Gasteiger partial charge is 0.495 e. The summed E-state index contributed by atoms with van der Waals surface area (Å²) in [5.74, 6) is 0.553. The highest BCUT2D eigenvalue weighted by atomic mass is 16.5. The van der Waals surface area contributed by atoms with Crippen molar-refractivity contribution in [1.29, 1.82) is 0 Å². The SMILES string of the molecule is CCCN(C(C)C)C(C)C(=O)Nc1cc(N)ccc1OC. The number of rotatable bonds is 7. The number of nitrogens with zero attached hydrogens (tertiary/aromatic N) is 1. The van der Waals surface area contributed by atoms with Crippen LogP contribution in [-0.4, -0.2) is 36.5 Å². The molecule has 0 spiro atoms. The van der Waals surface area contributed by atoms with Crippen LogP contribution in [-0.2, 0) is 4.79 Å². The fourth-order valence-corrected chi connectivity index (χ4v) is 2.37. The van der Waals surface area contributed by atoms with E-state index in [-0.39, 0.29) is 11.9 Å². The van der Waals surface area contributed by atoms with Gasteiger partial charge >= 0.3 is 0 Å². The van der Waals surface area contributed by atoms with Crippen molar-refractivity contribution in [2.75, 3.05) is 24.7 Å². The van der Waals surface area contributed by atoms with Crippen LogP contribution < -0.4 is 15.8 Å². The van der Waals surface area contributed by atoms with Crippen molar-refractivity contribution in [3.05, 3.63) is 18.2 Å². The summed E-state index contributed by atoms with van der Waals surface area (Å²) >= 11 is 0. The Labute approximate surface area is 127 Å². The Bertz CT molecular complexity index is 475. The molecule has 5 heteroatoms. The molecule has 0 aliphatic rings. The minimum absolute atomic E-state index is 0.0546. The predicted octanol–water partition coefficient (Wildman–Crippen LogP) is 2.72. The third-order valence-corrected chi connectivity index (χ3v) is 3.50. The summed E-state index contributed by atoms with van der Waals surface area (Å²) in [5, 5.41) is 2.91. The maximum Gasteiger partial charge on any atom is 0.241 e. The first-order chi connectivity index (χ1) is 9.90. The number of carbonyl (C=O) groups excluding carboxylic acids is 1. The lowest BCUT2D eigenvalue weighted by atomic mass is 10.1. The Hall–Kier alpha value is -1.75. The van der Waals surface area contributed by atoms with Crippen molar-refractivity contribution < 1.29 is 9.53 Å². The summed E-state index contributed by atoms with van der Waals surface area (Å²) in [4.78, 5) is 14.6. The highest BCUT2D eigenvalue weighted by Crippen LogP contribution is 2.26. The van der Waals surface area contributed by atoms with Crippen molar-refractivity contribution in [3.63, 3.8) is 0 Å². The minimum atomic E-state index is -0.212. The van der Waals surface area contributed by atoms with E-state index in [0.717, 1.165) is 13.0 Å². The Morgan fingerprint density at radius 1 is 1.38 bits per heavy atom. The summed E-state index contributed by atoms with van der Waals surface area (Å²) < 4.78 is 5.25. The highest BCUT2D eigenvalue weighted by molar-refractivity contribution is 5.96. The van der Waals surface area contributed by atoms with Gasteiger partial charge in [0, 0.05) is 11.7 Å². The van der Waals surface area contributed by atoms with Gasteiger partial charge in [-0.2, -0.15) is 0 Å². The quantitative estimate of drug-likeness (QED) is 0.759. The molecule has 118 valence electrons. The van der Waals surface area contributed by atoms with Crippen molar-refractivity contribution in [2.45, 2.75) is 46.2 Å². The Morgan fingerprint density at radius 2 is 2.05 bits per heavy atom. The van der Waals surface area contributed by atoms with Gasteiger partial charge in [0.2, 0.25) is 5.91 Å². The van der Waals surface area contributed by atoms with Gasteiger partial charge in [0.1, 0.15) is 5.75 Å². The molecule has 0 aromatic heterocycles. The van der Waals surface area contributed by atoms with Crippen LogP contribution in [0.1, 0.15) is 34.1 Å². The lowest BCUT2D eigenvalue weighted by Gasteiger charge is -2.31. The van der Waals surface area contributed by atoms with Gasteiger partial charge in [0.15, 0.2) is 0 Å². The molecular weight excluding hydrogens is 266 g/mol. The van der Waals surface area contributed by atoms with Crippen molar-refractivity contribution in [2.24, 2.45) is 0 Å². The summed E-state index contributed by atoms with van der Waals surface area (Å²) in [5.41, 5.74) is 6.97. The number of nitrogens with two attached hydrogens (primary N) is 1. The second-order valence-corrected chi connectivity index (χ2v) is 5.46. The second-order valence-electron chi connectivity index (χ2n) is 5.46. The van der Waals surface area contributed by atoms with Crippen molar-refractivity contribution >= 4 is 17.3 Å². The number of ether oxygens (including phenoxy) is 1. The van der Waals surface area contributed by atoms with E-state index in [1.807, 2.05) is 6.92 Å². The van der Waals surface area contributed by atoms with Crippen LogP contribution in [0.4, 0.5) is 11.4 Å². The molecule has 0 bridgehead atoms. The van der Waals surface area contributed by atoms with Gasteiger partial charge < -0.3 is 15.8 Å². The molecule has 0 saturated carbocycles. The topological polar surface area (TPSA) is 67.6 Å². The number of benzene rings is 1. The first-order valence-electron chi connectivity index (χ1n) is 7.40. The molecule has 1 aromatic rings. The average Bonchev–Trinajstić information content (AvgIpc) is 2.44. The number of amides is 1. The number of methoxy groups -OCH3 is 1. The van der Waals surface area contributed by atoms with Crippen LogP contribution in [0.2, 0.25) is 0 Å². The van der Waals surface area contributed by atoms with Crippen LogP contribution in [0, 0.1) is 0 Å². The smallest absolute Gasteiger partial charge is 0.241 e. The van der Waals surface area contributed by atoms with Crippen LogP contribution in [0.3, 0.4) is 0 Å². The van der Waals surface area contributed by atoms with Gasteiger partial charge in [-0.25, -0.2) is 0 Å². The highest BCUT2D eigenvalue weighted by Gasteiger charge is 2.23. The number of anilines is 2. The summed E-state index contributed by atoms with van der Waals surface area (Å²) in [6.07, 6.45) is 1.01. The fraction of sp³-hybridized carbons (Fsp3) is 0.562. The number of carbonyl (C=O) groups is 1. The molecule has 0 aliphatic carbocycles. The van der Waals surface area contributed by atoms with Gasteiger partial charge in [0.25, 0.3) is 0 Å². The average molecular weight is 293 g/mol. The van der Waals surface area contributed by atoms with Gasteiger partial charge in [0.05, 0.1) is 18.8 Å². The molecule has 0 aliphatic heterocycles. The molecule has 0 radical (unpaired) electrons. The first kappa shape index (κ1) is 17.3. The van der Waals surface area contributed by atoms with E-state index in [1.165, 1.54) is 0 Å². The molecule has 3 N–H and O–H groups in total. The maximum absolute atomic E-state index is 12.5. The molecule has 1 amide bonds. The Balaban J connectivity index is 2.87. The van der Waals surface area contributed by atoms with Crippen LogP contribution in [0.5, 0.6) is 5.75 Å². The van der Waals surface area contributed by atoms with Crippen LogP contribution in [0.15, 0.2) is 18.2 Å². The molecule has 1 atom stereocenters. The summed E-state index contributed by atoms with van der Waals surface area (Å²) in [6, 6.07) is 5.31. The zero-order chi connectivity index (χ0) is 16.0. The van der Waals surface area contributed by atoms with E-state index in [0.29, 0.717) is 23.2 Å². The molecule has 0 saturated heterocycles. The van der Waals surface area contributed by atoms with E-state index in [9.17, 15) is 4.79 Å². The third kappa shape index (κ3) is 4.63. The summed E-state index contributed by atoms with van der Waals surface area (Å²) in [6.45, 7) is 9.12. The maximum atomic E-state index is 12.5. The predicted molar refractivity (Wildman–Crippen MR) is 87.6 cm³/mol. The van der Waals surface area contributed by atoms with Crippen LogP contribution in [0.25, 0.3) is 0 Å². The Morgan fingerprint density at radius 3 is 2.57 bits per heavy atom. The first-order valence-corrected chi connectivity index (χ1v) is 7.40. The number of nitrogens with one attached hydrogen (secondary N) is 1. The normalized spacial score (nSPS) is 12.5. The van der Waals surface area contributed by atoms with E-state index >= 15 is 0 Å². The van der Waals surface area contributed by atoms with E-state index < -0.39 is 0 Å². The number of hydrogen-bond donors (Lipinski definition) is 2. The minimum Gasteiger partial charge on any atom is -0.495 e. The zero-order valence-corrected chi connectivity index (χ0v) is 13.6. The van der Waals surface area contributed by atoms with Crippen molar-refractivity contribution in [3.8, 4) is 5.75 Å². The third-order valence-electron chi connectivity index (χ3n) is 3.50. The van der Waals surface area contributed by atoms with E-state index in [4.69, 9.17) is 10.5 Å². The lowest BCUT2D eigenvalue weighted by molar-refractivity contribution is -0.121. The number of nitrogen functional groups attached to an aromatic ring is 1. The van der Waals surface area contributed by atoms with Gasteiger partial charge in [-0.15, -0.1) is 0 Å². The van der Waals surface area contributed by atoms with Gasteiger partial charge in [-0.05, 0) is 51.9 Å². The summed E-state index contributed by atoms with van der Waals surface area (Å²) in [7, 11) is 1.57. The zero-order valence-electron chi connectivity index (χ0n) is 13.6.